The van der Waals surface area contributed by atoms with Crippen molar-refractivity contribution in [2.45, 2.75) is 24.4 Å². The third kappa shape index (κ3) is 2.17. The van der Waals surface area contributed by atoms with Crippen LogP contribution in [0.1, 0.15) is 28.2 Å². The molecule has 2 heterocycles. The van der Waals surface area contributed by atoms with Gasteiger partial charge in [-0.25, -0.2) is 0 Å². The highest BCUT2D eigenvalue weighted by Crippen LogP contribution is 2.47. The quantitative estimate of drug-likeness (QED) is 0.864. The molecule has 6 nitrogen and oxygen atoms in total. The van der Waals surface area contributed by atoms with Crippen LogP contribution in [0.15, 0.2) is 24.3 Å². The number of benzene rings is 1. The van der Waals surface area contributed by atoms with Crippen LogP contribution in [-0.4, -0.2) is 45.6 Å². The van der Waals surface area contributed by atoms with E-state index >= 15 is 0 Å². The highest BCUT2D eigenvalue weighted by atomic mass is 32.2. The van der Waals surface area contributed by atoms with Crippen molar-refractivity contribution in [3.05, 3.63) is 35.4 Å². The molecular weight excluding hydrogens is 292 g/mol. The fourth-order valence-corrected chi connectivity index (χ4v) is 4.08. The summed E-state index contributed by atoms with van der Waals surface area (Å²) in [6.07, 6.45) is 0. The Labute approximate surface area is 125 Å². The molecule has 1 saturated heterocycles. The molecule has 3 rings (SSSR count). The lowest BCUT2D eigenvalue weighted by atomic mass is 10.1. The van der Waals surface area contributed by atoms with Gasteiger partial charge in [0, 0.05) is 11.3 Å². The maximum absolute atomic E-state index is 12.4. The van der Waals surface area contributed by atoms with E-state index in [9.17, 15) is 14.4 Å². The zero-order chi connectivity index (χ0) is 15.1. The highest BCUT2D eigenvalue weighted by molar-refractivity contribution is 7.99. The van der Waals surface area contributed by atoms with Crippen LogP contribution in [0.4, 0.5) is 0 Å². The van der Waals surface area contributed by atoms with Crippen LogP contribution in [0.5, 0.6) is 0 Å². The third-order valence-corrected chi connectivity index (χ3v) is 5.03. The Balaban J connectivity index is 1.82. The number of carbonyl (C=O) groups is 3. The zero-order valence-corrected chi connectivity index (χ0v) is 12.1. The van der Waals surface area contributed by atoms with E-state index in [1.165, 1.54) is 18.7 Å². The Hall–Kier alpha value is -2.02. The summed E-state index contributed by atoms with van der Waals surface area (Å²) in [5, 5.41) is 11.1. The summed E-state index contributed by atoms with van der Waals surface area (Å²) in [5.41, 5.74) is 1.55. The smallest absolute Gasteiger partial charge is 0.325 e. The van der Waals surface area contributed by atoms with Gasteiger partial charge in [0.15, 0.2) is 0 Å². The Kier molecular flexibility index (Phi) is 3.36. The number of thioether (sulfide) groups is 1. The molecule has 1 fully saturated rings. The van der Waals surface area contributed by atoms with Gasteiger partial charge in [0.25, 0.3) is 5.91 Å². The van der Waals surface area contributed by atoms with Gasteiger partial charge in [0.05, 0.1) is 0 Å². The van der Waals surface area contributed by atoms with Crippen LogP contribution in [0.3, 0.4) is 0 Å². The first-order chi connectivity index (χ1) is 10.0. The molecule has 110 valence electrons. The highest BCUT2D eigenvalue weighted by Gasteiger charge is 2.48. The maximum Gasteiger partial charge on any atom is 0.325 e. The number of nitrogens with one attached hydrogen (secondary N) is 1. The topological polar surface area (TPSA) is 86.7 Å². The molecule has 2 aliphatic rings. The standard InChI is InChI=1S/C14H14N2O4S/c1-7(14(19)20)15-11(17)10-6-21-13-9-5-3-2-4-8(9)12(18)16(10)13/h2-5,7,10,13H,6H2,1H3,(H,15,17)(H,19,20). The van der Waals surface area contributed by atoms with E-state index in [0.717, 1.165) is 5.56 Å². The van der Waals surface area contributed by atoms with E-state index in [4.69, 9.17) is 5.11 Å². The number of nitrogens with zero attached hydrogens (tertiary/aromatic N) is 1. The van der Waals surface area contributed by atoms with Gasteiger partial charge in [0.1, 0.15) is 17.5 Å². The molecule has 0 saturated carbocycles. The molecule has 3 unspecified atom stereocenters. The molecule has 0 spiro atoms. The third-order valence-electron chi connectivity index (χ3n) is 3.72. The van der Waals surface area contributed by atoms with E-state index in [0.29, 0.717) is 11.3 Å². The Bertz CT molecular complexity index is 633. The maximum atomic E-state index is 12.4. The first-order valence-corrected chi connectivity index (χ1v) is 7.62. The number of aliphatic carboxylic acids is 1. The fraction of sp³-hybridized carbons (Fsp3) is 0.357. The van der Waals surface area contributed by atoms with Crippen molar-refractivity contribution in [3.8, 4) is 0 Å². The van der Waals surface area contributed by atoms with Crippen molar-refractivity contribution in [3.63, 3.8) is 0 Å². The van der Waals surface area contributed by atoms with Crippen molar-refractivity contribution >= 4 is 29.5 Å². The largest absolute Gasteiger partial charge is 0.480 e. The van der Waals surface area contributed by atoms with Crippen molar-refractivity contribution in [1.82, 2.24) is 10.2 Å². The van der Waals surface area contributed by atoms with Gasteiger partial charge < -0.3 is 15.3 Å². The van der Waals surface area contributed by atoms with E-state index in [1.54, 1.807) is 17.0 Å². The predicted octanol–water partition coefficient (Wildman–Crippen LogP) is 0.846. The molecule has 0 radical (unpaired) electrons. The SMILES string of the molecule is CC(NC(=O)C1CSC2c3ccccc3C(=O)N12)C(=O)O. The van der Waals surface area contributed by atoms with Gasteiger partial charge in [0.2, 0.25) is 5.91 Å². The number of carboxylic acid groups (broad SMARTS) is 1. The molecule has 7 heteroatoms. The van der Waals surface area contributed by atoms with Gasteiger partial charge in [-0.15, -0.1) is 11.8 Å². The van der Waals surface area contributed by atoms with Crippen LogP contribution in [0.2, 0.25) is 0 Å². The van der Waals surface area contributed by atoms with Gasteiger partial charge in [-0.1, -0.05) is 18.2 Å². The van der Waals surface area contributed by atoms with Crippen LogP contribution in [0, 0.1) is 0 Å². The second-order valence-electron chi connectivity index (χ2n) is 5.07. The second kappa shape index (κ2) is 5.07. The van der Waals surface area contributed by atoms with E-state index in [-0.39, 0.29) is 11.3 Å². The summed E-state index contributed by atoms with van der Waals surface area (Å²) < 4.78 is 0. The molecule has 0 aromatic heterocycles. The van der Waals surface area contributed by atoms with Gasteiger partial charge in [-0.05, 0) is 18.6 Å². The number of carboxylic acids is 1. The van der Waals surface area contributed by atoms with Crippen LogP contribution in [-0.2, 0) is 9.59 Å². The Morgan fingerprint density at radius 1 is 1.43 bits per heavy atom. The monoisotopic (exact) mass is 306 g/mol. The molecule has 2 aliphatic heterocycles. The second-order valence-corrected chi connectivity index (χ2v) is 6.18. The molecule has 3 atom stereocenters. The molecule has 21 heavy (non-hydrogen) atoms. The average molecular weight is 306 g/mol. The van der Waals surface area contributed by atoms with Crippen molar-refractivity contribution in [1.29, 1.82) is 0 Å². The van der Waals surface area contributed by atoms with Gasteiger partial charge >= 0.3 is 5.97 Å². The summed E-state index contributed by atoms with van der Waals surface area (Å²) in [6.45, 7) is 1.40. The lowest BCUT2D eigenvalue weighted by Gasteiger charge is -2.23. The first kappa shape index (κ1) is 13.9. The number of rotatable bonds is 3. The number of carbonyl (C=O) groups excluding carboxylic acids is 2. The Morgan fingerprint density at radius 2 is 2.14 bits per heavy atom. The number of fused-ring (bicyclic) bond motifs is 3. The van der Waals surface area contributed by atoms with Gasteiger partial charge in [-0.2, -0.15) is 0 Å². The fourth-order valence-electron chi connectivity index (χ4n) is 2.61. The van der Waals surface area contributed by atoms with E-state index in [1.807, 2.05) is 12.1 Å². The summed E-state index contributed by atoms with van der Waals surface area (Å²) in [7, 11) is 0. The van der Waals surface area contributed by atoms with Crippen LogP contribution in [0.25, 0.3) is 0 Å². The Morgan fingerprint density at radius 3 is 2.86 bits per heavy atom. The molecular formula is C14H14N2O4S. The predicted molar refractivity (Wildman–Crippen MR) is 76.8 cm³/mol. The molecule has 0 bridgehead atoms. The average Bonchev–Trinajstić information content (AvgIpc) is 3.00. The minimum atomic E-state index is -1.10. The van der Waals surface area contributed by atoms with Crippen LogP contribution >= 0.6 is 11.8 Å². The van der Waals surface area contributed by atoms with Gasteiger partial charge in [-0.3, -0.25) is 14.4 Å². The minimum Gasteiger partial charge on any atom is -0.480 e. The first-order valence-electron chi connectivity index (χ1n) is 6.57. The van der Waals surface area contributed by atoms with Crippen molar-refractivity contribution < 1.29 is 19.5 Å². The van der Waals surface area contributed by atoms with Crippen molar-refractivity contribution in [2.75, 3.05) is 5.75 Å². The summed E-state index contributed by atoms with van der Waals surface area (Å²) >= 11 is 1.53. The molecule has 0 aliphatic carbocycles. The molecule has 2 N–H and O–H groups in total. The lowest BCUT2D eigenvalue weighted by molar-refractivity contribution is -0.141. The molecule has 1 aromatic rings. The summed E-state index contributed by atoms with van der Waals surface area (Å²) in [5.74, 6) is -1.20. The summed E-state index contributed by atoms with van der Waals surface area (Å²) in [4.78, 5) is 37.0. The number of hydrogen-bond donors (Lipinski definition) is 2. The normalized spacial score (nSPS) is 24.4. The molecule has 1 aromatic carbocycles. The lowest BCUT2D eigenvalue weighted by Crippen LogP contribution is -2.50. The molecule has 2 amide bonds. The number of hydrogen-bond acceptors (Lipinski definition) is 4. The summed E-state index contributed by atoms with van der Waals surface area (Å²) in [6, 6.07) is 5.72. The van der Waals surface area contributed by atoms with Crippen molar-refractivity contribution in [2.24, 2.45) is 0 Å². The van der Waals surface area contributed by atoms with Crippen LogP contribution < -0.4 is 5.32 Å². The van der Waals surface area contributed by atoms with E-state index < -0.39 is 24.0 Å². The van der Waals surface area contributed by atoms with E-state index in [2.05, 4.69) is 5.32 Å². The number of amides is 2. The minimum absolute atomic E-state index is 0.149. The zero-order valence-electron chi connectivity index (χ0n) is 11.3.